The number of carbonyl (C=O) groups excluding carboxylic acids is 1. The Morgan fingerprint density at radius 1 is 1.41 bits per heavy atom. The summed E-state index contributed by atoms with van der Waals surface area (Å²) in [7, 11) is 0. The molecule has 2 aromatic rings. The van der Waals surface area contributed by atoms with Crippen LogP contribution in [0.1, 0.15) is 29.3 Å². The molecule has 1 aliphatic rings. The van der Waals surface area contributed by atoms with Crippen LogP contribution in [-0.2, 0) is 11.2 Å². The van der Waals surface area contributed by atoms with Crippen LogP contribution in [0.2, 0.25) is 0 Å². The van der Waals surface area contributed by atoms with Gasteiger partial charge in [0.1, 0.15) is 0 Å². The molecule has 114 valence electrons. The van der Waals surface area contributed by atoms with Crippen LogP contribution < -0.4 is 4.90 Å². The van der Waals surface area contributed by atoms with Crippen molar-refractivity contribution in [1.29, 1.82) is 0 Å². The van der Waals surface area contributed by atoms with Gasteiger partial charge in [0.15, 0.2) is 0 Å². The minimum absolute atomic E-state index is 0.0694. The van der Waals surface area contributed by atoms with Gasteiger partial charge in [0, 0.05) is 24.7 Å². The Kier molecular flexibility index (Phi) is 3.70. The lowest BCUT2D eigenvalue weighted by Gasteiger charge is -2.14. The van der Waals surface area contributed by atoms with Gasteiger partial charge in [0.2, 0.25) is 5.91 Å². The van der Waals surface area contributed by atoms with Gasteiger partial charge in [-0.1, -0.05) is 11.2 Å². The number of aromatic nitrogens is 1. The van der Waals surface area contributed by atoms with E-state index in [0.717, 1.165) is 45.4 Å². The summed E-state index contributed by atoms with van der Waals surface area (Å²) in [5.41, 5.74) is 4.53. The van der Waals surface area contributed by atoms with Crippen LogP contribution in [0.25, 0.3) is 11.3 Å². The minimum atomic E-state index is 0.0694. The number of rotatable bonds is 2. The third-order valence-corrected chi connectivity index (χ3v) is 4.92. The maximum Gasteiger partial charge on any atom is 0.223 e. The Balaban J connectivity index is 2.07. The fraction of sp³-hybridized carbons (Fsp3) is 0.312. The molecule has 0 aliphatic carbocycles. The number of hydrogen-bond donors (Lipinski definition) is 1. The van der Waals surface area contributed by atoms with Crippen molar-refractivity contribution in [2.45, 2.75) is 27.2 Å². The number of thiazole rings is 1. The van der Waals surface area contributed by atoms with Crippen LogP contribution >= 0.6 is 11.3 Å². The van der Waals surface area contributed by atoms with Crippen molar-refractivity contribution in [1.82, 2.24) is 4.98 Å². The monoisotopic (exact) mass is 315 g/mol. The maximum absolute atomic E-state index is 11.6. The Bertz CT molecular complexity index is 780. The van der Waals surface area contributed by atoms with Gasteiger partial charge in [0.25, 0.3) is 0 Å². The first-order chi connectivity index (χ1) is 10.5. The number of anilines is 1. The highest BCUT2D eigenvalue weighted by atomic mass is 32.1. The van der Waals surface area contributed by atoms with Gasteiger partial charge in [-0.15, -0.1) is 11.3 Å². The number of amides is 1. The molecule has 0 saturated carbocycles. The summed E-state index contributed by atoms with van der Waals surface area (Å²) in [5.74, 6) is 0.0694. The van der Waals surface area contributed by atoms with Crippen molar-refractivity contribution in [2.75, 3.05) is 11.4 Å². The standard InChI is InChI=1S/C16H17N3O2S/c1-9(18-21)16-15(17-10(2)22-16)13-4-5-14-12(8-13)6-7-19(14)11(3)20/h4-5,8,21H,6-7H2,1-3H3/b18-9+. The molecule has 0 saturated heterocycles. The van der Waals surface area contributed by atoms with Crippen molar-refractivity contribution < 1.29 is 10.0 Å². The summed E-state index contributed by atoms with van der Waals surface area (Å²) in [4.78, 5) is 18.9. The fourth-order valence-corrected chi connectivity index (χ4v) is 3.67. The number of benzene rings is 1. The van der Waals surface area contributed by atoms with Crippen LogP contribution in [0, 0.1) is 6.92 Å². The second-order valence-corrected chi connectivity index (χ2v) is 6.56. The molecule has 1 aromatic heterocycles. The van der Waals surface area contributed by atoms with E-state index >= 15 is 0 Å². The smallest absolute Gasteiger partial charge is 0.223 e. The predicted molar refractivity (Wildman–Crippen MR) is 88.0 cm³/mol. The third-order valence-electron chi connectivity index (χ3n) is 3.84. The molecule has 0 fully saturated rings. The average molecular weight is 315 g/mol. The normalized spacial score (nSPS) is 14.3. The largest absolute Gasteiger partial charge is 0.411 e. The van der Waals surface area contributed by atoms with Crippen molar-refractivity contribution in [3.05, 3.63) is 33.6 Å². The Morgan fingerprint density at radius 2 is 2.18 bits per heavy atom. The molecule has 5 nitrogen and oxygen atoms in total. The van der Waals surface area contributed by atoms with Crippen LogP contribution in [0.4, 0.5) is 5.69 Å². The van der Waals surface area contributed by atoms with Crippen LogP contribution in [0.3, 0.4) is 0 Å². The highest BCUT2D eigenvalue weighted by Gasteiger charge is 2.23. The molecule has 0 spiro atoms. The molecule has 22 heavy (non-hydrogen) atoms. The van der Waals surface area contributed by atoms with E-state index in [-0.39, 0.29) is 5.91 Å². The van der Waals surface area contributed by atoms with Gasteiger partial charge in [0.05, 0.1) is 21.3 Å². The summed E-state index contributed by atoms with van der Waals surface area (Å²) >= 11 is 1.51. The maximum atomic E-state index is 11.6. The van der Waals surface area contributed by atoms with E-state index in [1.165, 1.54) is 11.3 Å². The van der Waals surface area contributed by atoms with Gasteiger partial charge >= 0.3 is 0 Å². The molecule has 0 radical (unpaired) electrons. The average Bonchev–Trinajstić information content (AvgIpc) is 3.09. The summed E-state index contributed by atoms with van der Waals surface area (Å²) in [6, 6.07) is 6.03. The van der Waals surface area contributed by atoms with E-state index in [9.17, 15) is 4.79 Å². The van der Waals surface area contributed by atoms with E-state index in [4.69, 9.17) is 5.21 Å². The molecular weight excluding hydrogens is 298 g/mol. The lowest BCUT2D eigenvalue weighted by atomic mass is 10.0. The van der Waals surface area contributed by atoms with Crippen molar-refractivity contribution in [3.8, 4) is 11.3 Å². The first-order valence-electron chi connectivity index (χ1n) is 7.09. The van der Waals surface area contributed by atoms with Crippen LogP contribution in [0.15, 0.2) is 23.4 Å². The van der Waals surface area contributed by atoms with Crippen LogP contribution in [-0.4, -0.2) is 28.4 Å². The molecule has 0 atom stereocenters. The molecule has 1 N–H and O–H groups in total. The number of hydrogen-bond acceptors (Lipinski definition) is 5. The van der Waals surface area contributed by atoms with Gasteiger partial charge in [-0.3, -0.25) is 4.79 Å². The minimum Gasteiger partial charge on any atom is -0.411 e. The van der Waals surface area contributed by atoms with E-state index in [1.54, 1.807) is 18.7 Å². The number of nitrogens with zero attached hydrogens (tertiary/aromatic N) is 3. The molecular formula is C16H17N3O2S. The van der Waals surface area contributed by atoms with Crippen molar-refractivity contribution in [3.63, 3.8) is 0 Å². The van der Waals surface area contributed by atoms with Crippen LogP contribution in [0.5, 0.6) is 0 Å². The Hall–Kier alpha value is -2.21. The zero-order chi connectivity index (χ0) is 15.9. The van der Waals surface area contributed by atoms with Gasteiger partial charge in [-0.25, -0.2) is 4.98 Å². The number of aryl methyl sites for hydroxylation is 1. The second-order valence-electron chi connectivity index (χ2n) is 5.36. The zero-order valence-electron chi connectivity index (χ0n) is 12.8. The molecule has 1 aliphatic heterocycles. The Morgan fingerprint density at radius 3 is 2.86 bits per heavy atom. The topological polar surface area (TPSA) is 65.8 Å². The van der Waals surface area contributed by atoms with Crippen molar-refractivity contribution >= 4 is 28.6 Å². The SMILES string of the molecule is CC(=O)N1CCc2cc(-c3nc(C)sc3/C(C)=N/O)ccc21. The zero-order valence-corrected chi connectivity index (χ0v) is 13.6. The number of fused-ring (bicyclic) bond motifs is 1. The molecule has 0 unspecified atom stereocenters. The molecule has 3 rings (SSSR count). The molecule has 2 heterocycles. The summed E-state index contributed by atoms with van der Waals surface area (Å²) < 4.78 is 0. The number of oxime groups is 1. The Labute approximate surface area is 132 Å². The lowest BCUT2D eigenvalue weighted by molar-refractivity contribution is -0.116. The first kappa shape index (κ1) is 14.7. The van der Waals surface area contributed by atoms with Gasteiger partial charge in [-0.2, -0.15) is 0 Å². The lowest BCUT2D eigenvalue weighted by Crippen LogP contribution is -2.25. The highest BCUT2D eigenvalue weighted by molar-refractivity contribution is 7.14. The quantitative estimate of drug-likeness (QED) is 0.525. The van der Waals surface area contributed by atoms with Crippen molar-refractivity contribution in [2.24, 2.45) is 5.16 Å². The fourth-order valence-electron chi connectivity index (χ4n) is 2.79. The first-order valence-corrected chi connectivity index (χ1v) is 7.90. The molecule has 6 heteroatoms. The summed E-state index contributed by atoms with van der Waals surface area (Å²) in [6.07, 6.45) is 0.855. The molecule has 0 bridgehead atoms. The molecule has 1 amide bonds. The van der Waals surface area contributed by atoms with Gasteiger partial charge in [-0.05, 0) is 38.0 Å². The van der Waals surface area contributed by atoms with E-state index < -0.39 is 0 Å². The molecule has 1 aromatic carbocycles. The highest BCUT2D eigenvalue weighted by Crippen LogP contribution is 2.35. The predicted octanol–water partition coefficient (Wildman–Crippen LogP) is 3.23. The second kappa shape index (κ2) is 5.53. The number of carbonyl (C=O) groups is 1. The van der Waals surface area contributed by atoms with E-state index in [2.05, 4.69) is 16.2 Å². The van der Waals surface area contributed by atoms with E-state index in [0.29, 0.717) is 5.71 Å². The summed E-state index contributed by atoms with van der Waals surface area (Å²) in [5, 5.41) is 13.3. The van der Waals surface area contributed by atoms with E-state index in [1.807, 2.05) is 19.1 Å². The van der Waals surface area contributed by atoms with Gasteiger partial charge < -0.3 is 10.1 Å². The third kappa shape index (κ3) is 2.39. The summed E-state index contributed by atoms with van der Waals surface area (Å²) in [6.45, 7) is 6.02.